The van der Waals surface area contributed by atoms with Crippen molar-refractivity contribution in [2.24, 2.45) is 0 Å². The Morgan fingerprint density at radius 1 is 1.18 bits per heavy atom. The summed E-state index contributed by atoms with van der Waals surface area (Å²) in [5.74, 6) is -0.194. The number of nitrogens with zero attached hydrogens (tertiary/aromatic N) is 5. The van der Waals surface area contributed by atoms with Crippen molar-refractivity contribution in [2.45, 2.75) is 38.8 Å². The SMILES string of the molecule is O=C(CCn1nnc2ccccc2c1=O)Nc1nc(CN2CCCCC2)cs1. The number of likely N-dealkylation sites (tertiary alicyclic amines) is 1. The Morgan fingerprint density at radius 3 is 2.86 bits per heavy atom. The first-order valence-corrected chi connectivity index (χ1v) is 10.4. The van der Waals surface area contributed by atoms with Crippen molar-refractivity contribution in [1.29, 1.82) is 0 Å². The number of fused-ring (bicyclic) bond motifs is 1. The van der Waals surface area contributed by atoms with Crippen LogP contribution in [-0.2, 0) is 17.9 Å². The Kier molecular flexibility index (Phi) is 5.73. The third-order valence-corrected chi connectivity index (χ3v) is 5.62. The number of carbonyl (C=O) groups excluding carboxylic acids is 1. The van der Waals surface area contributed by atoms with E-state index in [1.54, 1.807) is 18.2 Å². The van der Waals surface area contributed by atoms with Gasteiger partial charge in [-0.3, -0.25) is 14.5 Å². The highest BCUT2D eigenvalue weighted by Crippen LogP contribution is 2.19. The third-order valence-electron chi connectivity index (χ3n) is 4.81. The maximum Gasteiger partial charge on any atom is 0.277 e. The number of rotatable bonds is 6. The predicted molar refractivity (Wildman–Crippen MR) is 108 cm³/mol. The lowest BCUT2D eigenvalue weighted by Gasteiger charge is -2.25. The smallest absolute Gasteiger partial charge is 0.277 e. The number of amides is 1. The number of piperidine rings is 1. The molecule has 0 unspecified atom stereocenters. The molecule has 1 aliphatic heterocycles. The van der Waals surface area contributed by atoms with Gasteiger partial charge in [0.2, 0.25) is 5.91 Å². The number of anilines is 1. The van der Waals surface area contributed by atoms with Crippen molar-refractivity contribution >= 4 is 33.3 Å². The van der Waals surface area contributed by atoms with Crippen LogP contribution in [0.1, 0.15) is 31.4 Å². The van der Waals surface area contributed by atoms with Gasteiger partial charge in [-0.15, -0.1) is 16.4 Å². The Morgan fingerprint density at radius 2 is 2.00 bits per heavy atom. The molecule has 0 aliphatic carbocycles. The lowest BCUT2D eigenvalue weighted by atomic mass is 10.1. The molecule has 9 heteroatoms. The zero-order valence-electron chi connectivity index (χ0n) is 15.5. The van der Waals surface area contributed by atoms with E-state index in [9.17, 15) is 9.59 Å². The van der Waals surface area contributed by atoms with Gasteiger partial charge in [0.25, 0.3) is 5.56 Å². The lowest BCUT2D eigenvalue weighted by molar-refractivity contribution is -0.116. The maximum absolute atomic E-state index is 12.4. The van der Waals surface area contributed by atoms with Gasteiger partial charge in [0.1, 0.15) is 5.52 Å². The molecule has 0 spiro atoms. The molecule has 0 saturated carbocycles. The zero-order valence-corrected chi connectivity index (χ0v) is 16.3. The number of aryl methyl sites for hydroxylation is 1. The molecule has 146 valence electrons. The van der Waals surface area contributed by atoms with E-state index < -0.39 is 0 Å². The highest BCUT2D eigenvalue weighted by molar-refractivity contribution is 7.13. The molecule has 1 fully saturated rings. The molecule has 1 N–H and O–H groups in total. The summed E-state index contributed by atoms with van der Waals surface area (Å²) < 4.78 is 1.23. The lowest BCUT2D eigenvalue weighted by Crippen LogP contribution is -2.29. The molecule has 28 heavy (non-hydrogen) atoms. The molecule has 4 rings (SSSR count). The number of hydrogen-bond acceptors (Lipinski definition) is 7. The minimum atomic E-state index is -0.239. The highest BCUT2D eigenvalue weighted by Gasteiger charge is 2.13. The maximum atomic E-state index is 12.4. The number of thiazole rings is 1. The van der Waals surface area contributed by atoms with E-state index in [2.05, 4.69) is 25.5 Å². The first kappa shape index (κ1) is 18.7. The topological polar surface area (TPSA) is 93.0 Å². The molecule has 3 heterocycles. The molecule has 0 bridgehead atoms. The molecular formula is C19H22N6O2S. The summed E-state index contributed by atoms with van der Waals surface area (Å²) in [5.41, 5.74) is 1.30. The zero-order chi connectivity index (χ0) is 19.3. The normalized spacial score (nSPS) is 15.0. The van der Waals surface area contributed by atoms with Gasteiger partial charge in [-0.1, -0.05) is 23.8 Å². The number of hydrogen-bond donors (Lipinski definition) is 1. The summed E-state index contributed by atoms with van der Waals surface area (Å²) in [6.07, 6.45) is 3.92. The van der Waals surface area contributed by atoms with E-state index >= 15 is 0 Å². The van der Waals surface area contributed by atoms with Gasteiger partial charge in [-0.2, -0.15) is 0 Å². The van der Waals surface area contributed by atoms with E-state index in [0.29, 0.717) is 16.0 Å². The Hall–Kier alpha value is -2.65. The van der Waals surface area contributed by atoms with Crippen molar-refractivity contribution < 1.29 is 4.79 Å². The second-order valence-corrected chi connectivity index (χ2v) is 7.77. The summed E-state index contributed by atoms with van der Waals surface area (Å²) in [4.78, 5) is 31.6. The van der Waals surface area contributed by atoms with Crippen LogP contribution in [0.25, 0.3) is 10.9 Å². The van der Waals surface area contributed by atoms with E-state index in [1.807, 2.05) is 11.4 Å². The predicted octanol–water partition coefficient (Wildman–Crippen LogP) is 2.26. The van der Waals surface area contributed by atoms with Crippen LogP contribution >= 0.6 is 11.3 Å². The summed E-state index contributed by atoms with van der Waals surface area (Å²) in [6.45, 7) is 3.23. The number of aromatic nitrogens is 4. The Balaban J connectivity index is 1.32. The van der Waals surface area contributed by atoms with Crippen LogP contribution in [0.5, 0.6) is 0 Å². The molecular weight excluding hydrogens is 376 g/mol. The molecule has 1 amide bonds. The summed E-state index contributed by atoms with van der Waals surface area (Å²) in [6, 6.07) is 7.04. The minimum Gasteiger partial charge on any atom is -0.302 e. The molecule has 0 radical (unpaired) electrons. The fraction of sp³-hybridized carbons (Fsp3) is 0.421. The number of nitrogens with one attached hydrogen (secondary N) is 1. The average molecular weight is 398 g/mol. The Labute approximate surface area is 166 Å². The molecule has 1 aliphatic rings. The van der Waals surface area contributed by atoms with E-state index in [4.69, 9.17) is 0 Å². The van der Waals surface area contributed by atoms with Gasteiger partial charge in [0.15, 0.2) is 5.13 Å². The fourth-order valence-electron chi connectivity index (χ4n) is 3.34. The van der Waals surface area contributed by atoms with Gasteiger partial charge in [0.05, 0.1) is 17.6 Å². The molecule has 8 nitrogen and oxygen atoms in total. The van der Waals surface area contributed by atoms with Crippen LogP contribution in [-0.4, -0.2) is 43.9 Å². The van der Waals surface area contributed by atoms with Gasteiger partial charge in [-0.05, 0) is 38.1 Å². The van der Waals surface area contributed by atoms with Crippen LogP contribution in [0.15, 0.2) is 34.4 Å². The summed E-state index contributed by atoms with van der Waals surface area (Å²) in [7, 11) is 0. The van der Waals surface area contributed by atoms with Crippen molar-refractivity contribution in [3.63, 3.8) is 0 Å². The first-order valence-electron chi connectivity index (χ1n) is 9.48. The average Bonchev–Trinajstić information content (AvgIpc) is 3.15. The fourth-order valence-corrected chi connectivity index (χ4v) is 4.06. The third kappa shape index (κ3) is 4.42. The van der Waals surface area contributed by atoms with Crippen LogP contribution in [0.2, 0.25) is 0 Å². The number of carbonyl (C=O) groups is 1. The van der Waals surface area contributed by atoms with Crippen molar-refractivity contribution in [1.82, 2.24) is 24.9 Å². The minimum absolute atomic E-state index is 0.133. The second kappa shape index (κ2) is 8.57. The van der Waals surface area contributed by atoms with Gasteiger partial charge >= 0.3 is 0 Å². The summed E-state index contributed by atoms with van der Waals surface area (Å²) >= 11 is 1.43. The first-order chi connectivity index (χ1) is 13.7. The van der Waals surface area contributed by atoms with Crippen molar-refractivity contribution in [2.75, 3.05) is 18.4 Å². The monoisotopic (exact) mass is 398 g/mol. The number of benzene rings is 1. The van der Waals surface area contributed by atoms with Gasteiger partial charge < -0.3 is 5.32 Å². The van der Waals surface area contributed by atoms with Crippen LogP contribution < -0.4 is 10.9 Å². The van der Waals surface area contributed by atoms with Crippen molar-refractivity contribution in [3.8, 4) is 0 Å². The Bertz CT molecular complexity index is 1020. The molecule has 1 saturated heterocycles. The molecule has 1 aromatic carbocycles. The van der Waals surface area contributed by atoms with Gasteiger partial charge in [-0.25, -0.2) is 9.67 Å². The van der Waals surface area contributed by atoms with Crippen LogP contribution in [0.3, 0.4) is 0 Å². The highest BCUT2D eigenvalue weighted by atomic mass is 32.1. The second-order valence-electron chi connectivity index (χ2n) is 6.91. The van der Waals surface area contributed by atoms with E-state index in [-0.39, 0.29) is 24.4 Å². The standard InChI is InChI=1S/C19H22N6O2S/c26-17(8-11-25-18(27)15-6-2-3-7-16(15)22-23-25)21-19-20-14(13-28-19)12-24-9-4-1-5-10-24/h2-3,6-7,13H,1,4-5,8-12H2,(H,20,21,26). The molecule has 3 aromatic rings. The van der Waals surface area contributed by atoms with Crippen LogP contribution in [0.4, 0.5) is 5.13 Å². The van der Waals surface area contributed by atoms with Gasteiger partial charge in [0, 0.05) is 18.3 Å². The van der Waals surface area contributed by atoms with E-state index in [0.717, 1.165) is 25.3 Å². The van der Waals surface area contributed by atoms with Crippen LogP contribution in [0, 0.1) is 0 Å². The summed E-state index contributed by atoms with van der Waals surface area (Å²) in [5, 5.41) is 13.8. The van der Waals surface area contributed by atoms with Crippen molar-refractivity contribution in [3.05, 3.63) is 45.7 Å². The van der Waals surface area contributed by atoms with E-state index in [1.165, 1.54) is 35.3 Å². The quantitative estimate of drug-likeness (QED) is 0.685. The molecule has 2 aromatic heterocycles. The molecule has 0 atom stereocenters. The largest absolute Gasteiger partial charge is 0.302 e.